The first-order valence-corrected chi connectivity index (χ1v) is 10.0. The van der Waals surface area contributed by atoms with Crippen LogP contribution in [0.2, 0.25) is 0 Å². The van der Waals surface area contributed by atoms with Crippen molar-refractivity contribution in [2.75, 3.05) is 16.8 Å². The van der Waals surface area contributed by atoms with Crippen molar-refractivity contribution in [1.82, 2.24) is 4.98 Å². The lowest BCUT2D eigenvalue weighted by molar-refractivity contribution is -0.125. The average molecular weight is 411 g/mol. The van der Waals surface area contributed by atoms with E-state index in [-0.39, 0.29) is 24.8 Å². The molecule has 0 aliphatic carbocycles. The molecule has 0 fully saturated rings. The minimum absolute atomic E-state index is 0.154. The molecule has 1 unspecified atom stereocenters. The van der Waals surface area contributed by atoms with Gasteiger partial charge >= 0.3 is 0 Å². The maximum atomic E-state index is 12.5. The smallest absolute Gasteiger partial charge is 0.267 e. The molecule has 2 aromatic carbocycles. The van der Waals surface area contributed by atoms with E-state index >= 15 is 0 Å². The van der Waals surface area contributed by atoms with Crippen LogP contribution in [0.15, 0.2) is 72.9 Å². The van der Waals surface area contributed by atoms with Crippen LogP contribution in [0, 0.1) is 11.8 Å². The van der Waals surface area contributed by atoms with Crippen molar-refractivity contribution in [3.8, 4) is 17.6 Å². The fourth-order valence-electron chi connectivity index (χ4n) is 3.27. The lowest BCUT2D eigenvalue weighted by Crippen LogP contribution is -2.45. The van der Waals surface area contributed by atoms with Gasteiger partial charge in [-0.1, -0.05) is 30.2 Å². The maximum Gasteiger partial charge on any atom is 0.267 e. The van der Waals surface area contributed by atoms with Gasteiger partial charge in [-0.3, -0.25) is 9.59 Å². The summed E-state index contributed by atoms with van der Waals surface area (Å²) in [4.78, 5) is 30.8. The molecular weight excluding hydrogens is 390 g/mol. The Hall–Kier alpha value is -4.11. The van der Waals surface area contributed by atoms with Crippen molar-refractivity contribution in [2.24, 2.45) is 0 Å². The maximum absolute atomic E-state index is 12.5. The molecule has 1 aliphatic rings. The van der Waals surface area contributed by atoms with E-state index in [1.54, 1.807) is 24.1 Å². The fraction of sp³-hybridized carbons (Fsp3) is 0.160. The van der Waals surface area contributed by atoms with Crippen LogP contribution < -0.4 is 15.0 Å². The molecule has 0 saturated carbocycles. The molecule has 6 nitrogen and oxygen atoms in total. The molecule has 1 aliphatic heterocycles. The number of nitrogens with one attached hydrogen (secondary N) is 1. The number of ether oxygens (including phenoxy) is 1. The number of carbonyl (C=O) groups is 2. The topological polar surface area (TPSA) is 71.5 Å². The number of rotatable bonds is 4. The van der Waals surface area contributed by atoms with Gasteiger partial charge in [-0.2, -0.15) is 0 Å². The summed E-state index contributed by atoms with van der Waals surface area (Å²) in [5.41, 5.74) is 2.79. The number of aromatic nitrogens is 1. The minimum Gasteiger partial charge on any atom is -0.479 e. The monoisotopic (exact) mass is 411 g/mol. The van der Waals surface area contributed by atoms with Gasteiger partial charge in [0.2, 0.25) is 5.91 Å². The first-order chi connectivity index (χ1) is 15.1. The summed E-state index contributed by atoms with van der Waals surface area (Å²) in [6, 6.07) is 20.2. The fourth-order valence-corrected chi connectivity index (χ4v) is 3.27. The number of hydrogen-bond donors (Lipinski definition) is 1. The highest BCUT2D eigenvalue weighted by Crippen LogP contribution is 2.33. The molecule has 0 saturated heterocycles. The van der Waals surface area contributed by atoms with Crippen LogP contribution in [0.5, 0.6) is 5.75 Å². The predicted molar refractivity (Wildman–Crippen MR) is 119 cm³/mol. The zero-order chi connectivity index (χ0) is 21.6. The molecule has 2 heterocycles. The van der Waals surface area contributed by atoms with Crippen LogP contribution in [-0.4, -0.2) is 29.4 Å². The molecule has 154 valence electrons. The number of fused-ring (bicyclic) bond motifs is 1. The normalized spacial score (nSPS) is 14.7. The molecule has 31 heavy (non-hydrogen) atoms. The third-order valence-electron chi connectivity index (χ3n) is 4.78. The number of anilines is 2. The molecule has 1 N–H and O–H groups in total. The molecule has 4 rings (SSSR count). The Morgan fingerprint density at radius 1 is 1.10 bits per heavy atom. The largest absolute Gasteiger partial charge is 0.479 e. The Balaban J connectivity index is 1.40. The van der Waals surface area contributed by atoms with Crippen LogP contribution in [0.25, 0.3) is 0 Å². The summed E-state index contributed by atoms with van der Waals surface area (Å²) >= 11 is 0. The molecule has 1 aromatic heterocycles. The Labute approximate surface area is 180 Å². The summed E-state index contributed by atoms with van der Waals surface area (Å²) in [7, 11) is 0. The van der Waals surface area contributed by atoms with E-state index in [1.807, 2.05) is 60.7 Å². The number of pyridine rings is 1. The van der Waals surface area contributed by atoms with Gasteiger partial charge in [0, 0.05) is 30.4 Å². The minimum atomic E-state index is -0.577. The molecule has 0 spiro atoms. The van der Waals surface area contributed by atoms with Crippen LogP contribution >= 0.6 is 0 Å². The lowest BCUT2D eigenvalue weighted by atomic mass is 10.1. The first-order valence-electron chi connectivity index (χ1n) is 10.0. The van der Waals surface area contributed by atoms with E-state index in [1.165, 1.54) is 0 Å². The first kappa shape index (κ1) is 20.2. The van der Waals surface area contributed by atoms with Gasteiger partial charge in [-0.15, -0.1) is 0 Å². The third-order valence-corrected chi connectivity index (χ3v) is 4.78. The van der Waals surface area contributed by atoms with Gasteiger partial charge in [0.25, 0.3) is 5.91 Å². The molecule has 3 aromatic rings. The molecular formula is C25H21N3O3. The van der Waals surface area contributed by atoms with Crippen molar-refractivity contribution < 1.29 is 14.3 Å². The number of nitrogens with zero attached hydrogens (tertiary/aromatic N) is 2. The number of benzene rings is 2. The van der Waals surface area contributed by atoms with Crippen LogP contribution in [0.4, 0.5) is 11.4 Å². The molecule has 2 amide bonds. The van der Waals surface area contributed by atoms with Crippen molar-refractivity contribution in [2.45, 2.75) is 19.4 Å². The van der Waals surface area contributed by atoms with Gasteiger partial charge in [0.1, 0.15) is 11.4 Å². The van der Waals surface area contributed by atoms with Crippen LogP contribution in [0.1, 0.15) is 24.6 Å². The Bertz CT molecular complexity index is 1170. The average Bonchev–Trinajstić information content (AvgIpc) is 2.79. The predicted octanol–water partition coefficient (Wildman–Crippen LogP) is 3.62. The highest BCUT2D eigenvalue weighted by atomic mass is 16.5. The highest BCUT2D eigenvalue weighted by molar-refractivity contribution is 6.00. The van der Waals surface area contributed by atoms with Crippen molar-refractivity contribution in [1.29, 1.82) is 0 Å². The van der Waals surface area contributed by atoms with Gasteiger partial charge in [-0.05, 0) is 55.3 Å². The van der Waals surface area contributed by atoms with Crippen molar-refractivity contribution >= 4 is 23.2 Å². The number of carbonyl (C=O) groups excluding carboxylic acids is 2. The third kappa shape index (κ3) is 4.90. The summed E-state index contributed by atoms with van der Waals surface area (Å²) in [5.74, 6) is 6.36. The van der Waals surface area contributed by atoms with Crippen molar-refractivity contribution in [3.05, 3.63) is 84.2 Å². The summed E-state index contributed by atoms with van der Waals surface area (Å²) in [6.07, 6.45) is 1.28. The van der Waals surface area contributed by atoms with E-state index in [4.69, 9.17) is 4.74 Å². The van der Waals surface area contributed by atoms with Crippen LogP contribution in [0.3, 0.4) is 0 Å². The summed E-state index contributed by atoms with van der Waals surface area (Å²) < 4.78 is 5.64. The van der Waals surface area contributed by atoms with Crippen molar-refractivity contribution in [3.63, 3.8) is 0 Å². The lowest BCUT2D eigenvalue weighted by Gasteiger charge is -2.32. The van der Waals surface area contributed by atoms with Gasteiger partial charge in [0.05, 0.1) is 5.69 Å². The zero-order valence-electron chi connectivity index (χ0n) is 17.0. The zero-order valence-corrected chi connectivity index (χ0v) is 17.0. The Kier molecular flexibility index (Phi) is 5.95. The van der Waals surface area contributed by atoms with Gasteiger partial charge < -0.3 is 15.0 Å². The van der Waals surface area contributed by atoms with E-state index in [9.17, 15) is 9.59 Å². The highest BCUT2D eigenvalue weighted by Gasteiger charge is 2.31. The van der Waals surface area contributed by atoms with Crippen LogP contribution in [-0.2, 0) is 9.59 Å². The second-order valence-electron chi connectivity index (χ2n) is 7.06. The summed E-state index contributed by atoms with van der Waals surface area (Å²) in [6.45, 7) is 1.98. The second-order valence-corrected chi connectivity index (χ2v) is 7.06. The number of hydrogen-bond acceptors (Lipinski definition) is 4. The van der Waals surface area contributed by atoms with E-state index in [0.717, 1.165) is 5.56 Å². The van der Waals surface area contributed by atoms with Gasteiger partial charge in [-0.25, -0.2) is 4.98 Å². The van der Waals surface area contributed by atoms with E-state index in [2.05, 4.69) is 22.1 Å². The standard InChI is InChI=1S/C25H21N3O3/c1-18-25(30)28(22-10-2-3-11-23(22)31-18)16-14-24(29)27-21-9-6-7-19(17-21)12-13-20-8-4-5-15-26-20/h2-11,15,17-18H,14,16H2,1H3,(H,27,29). The SMILES string of the molecule is CC1Oc2ccccc2N(CCC(=O)Nc2cccc(C#Cc3ccccn3)c2)C1=O. The Morgan fingerprint density at radius 3 is 2.77 bits per heavy atom. The number of para-hydroxylation sites is 2. The van der Waals surface area contributed by atoms with E-state index in [0.29, 0.717) is 22.8 Å². The summed E-state index contributed by atoms with van der Waals surface area (Å²) in [5, 5.41) is 2.88. The van der Waals surface area contributed by atoms with Gasteiger partial charge in [0.15, 0.2) is 6.10 Å². The molecule has 0 radical (unpaired) electrons. The Morgan fingerprint density at radius 2 is 1.94 bits per heavy atom. The molecule has 6 heteroatoms. The van der Waals surface area contributed by atoms with E-state index < -0.39 is 6.10 Å². The molecule has 0 bridgehead atoms. The molecule has 1 atom stereocenters. The number of amides is 2. The quantitative estimate of drug-likeness (QED) is 0.666. The second kappa shape index (κ2) is 9.14.